The van der Waals surface area contributed by atoms with Gasteiger partial charge in [0.1, 0.15) is 46.0 Å². The second-order valence-electron chi connectivity index (χ2n) is 32.8. The van der Waals surface area contributed by atoms with Crippen molar-refractivity contribution < 1.29 is 17.6 Å². The summed E-state index contributed by atoms with van der Waals surface area (Å²) in [7, 11) is 0. The normalized spacial score (nSPS) is 11.8. The Kier molecular flexibility index (Phi) is 25.8. The minimum absolute atomic E-state index is 0. The van der Waals surface area contributed by atoms with Gasteiger partial charge >= 0.3 is 0 Å². The zero-order valence-corrected chi connectivity index (χ0v) is 71.4. The zero-order chi connectivity index (χ0) is 90.3. The summed E-state index contributed by atoms with van der Waals surface area (Å²) in [5.41, 5.74) is 36.2. The number of aryl methyl sites for hydroxylation is 1. The minimum atomic E-state index is -0.297. The van der Waals surface area contributed by atoms with Crippen LogP contribution in [0, 0.1) is 36.1 Å². The molecule has 0 aliphatic heterocycles. The summed E-state index contributed by atoms with van der Waals surface area (Å²) in [6, 6.07) is 60.0. The molecule has 8 aromatic carbocycles. The minimum Gasteiger partial charge on any atom is -0.397 e. The molecule has 26 nitrogen and oxygen atoms in total. The van der Waals surface area contributed by atoms with Crippen molar-refractivity contribution in [2.45, 2.75) is 68.9 Å². The number of imidazole rings is 4. The van der Waals surface area contributed by atoms with Gasteiger partial charge in [-0.15, -0.1) is 0 Å². The third-order valence-corrected chi connectivity index (χ3v) is 24.1. The van der Waals surface area contributed by atoms with Gasteiger partial charge in [-0.25, -0.2) is 37.5 Å². The highest BCUT2D eigenvalue weighted by atomic mass is 19.1. The highest BCUT2D eigenvalue weighted by Gasteiger charge is 2.24. The Bertz CT molecular complexity index is 8480. The first-order valence-electron chi connectivity index (χ1n) is 43.3. The average molecular weight is 1830 g/mol. The van der Waals surface area contributed by atoms with Crippen molar-refractivity contribution in [2.75, 3.05) is 12.3 Å². The number of nitrogens with zero attached hydrogens (tertiary/aromatic N) is 16. The lowest BCUT2D eigenvalue weighted by atomic mass is 10.0. The Hall–Kier alpha value is -17.8. The lowest BCUT2D eigenvalue weighted by molar-refractivity contribution is 0.489. The van der Waals surface area contributed by atoms with Crippen molar-refractivity contribution >= 4 is 93.4 Å². The number of fused-ring (bicyclic) bond motifs is 8. The molecule has 0 bridgehead atoms. The van der Waals surface area contributed by atoms with Crippen LogP contribution >= 0.6 is 0 Å². The molecule has 0 amide bonds. The first kappa shape index (κ1) is 90.7. The predicted molar refractivity (Wildman–Crippen MR) is 540 cm³/mol. The summed E-state index contributed by atoms with van der Waals surface area (Å²) in [5, 5.41) is 37.9. The molecule has 1 aliphatic carbocycles. The molecule has 0 unspecified atom stereocenters. The van der Waals surface area contributed by atoms with Gasteiger partial charge in [0, 0.05) is 147 Å². The number of H-pyrrole nitrogens is 8. The van der Waals surface area contributed by atoms with Crippen LogP contribution in [-0.2, 0) is 6.54 Å². The van der Waals surface area contributed by atoms with Crippen LogP contribution in [0.4, 0.5) is 23.2 Å². The average Bonchev–Trinajstić information content (AvgIpc) is 1.63. The summed E-state index contributed by atoms with van der Waals surface area (Å²) in [6.45, 7) is 3.96. The number of aromatic nitrogens is 24. The van der Waals surface area contributed by atoms with Gasteiger partial charge in [-0.1, -0.05) is 121 Å². The summed E-state index contributed by atoms with van der Waals surface area (Å²) >= 11 is 0. The summed E-state index contributed by atoms with van der Waals surface area (Å²) in [4.78, 5) is 67.2. The van der Waals surface area contributed by atoms with E-state index in [1.54, 1.807) is 117 Å². The second kappa shape index (κ2) is 39.2. The van der Waals surface area contributed by atoms with Crippen LogP contribution in [-0.4, -0.2) is 127 Å². The monoisotopic (exact) mass is 1830 g/mol. The first-order chi connectivity index (χ1) is 65.8. The molecular weight excluding hydrogens is 1740 g/mol. The Morgan fingerprint density at radius 2 is 0.659 bits per heavy atom. The molecule has 1 fully saturated rings. The molecule has 0 atom stereocenters. The fraction of sp³-hybridized carbons (Fsp3) is 0.111. The number of rotatable bonds is 16. The molecule has 682 valence electrons. The number of hydrogen-bond acceptors (Lipinski definition) is 18. The number of aromatic amines is 8. The van der Waals surface area contributed by atoms with E-state index in [-0.39, 0.29) is 53.0 Å². The Balaban J connectivity index is 0.000000121. The van der Waals surface area contributed by atoms with Crippen LogP contribution in [0.1, 0.15) is 66.5 Å². The number of halogens is 4. The van der Waals surface area contributed by atoms with Gasteiger partial charge in [-0.3, -0.25) is 60.3 Å². The van der Waals surface area contributed by atoms with Gasteiger partial charge in [-0.2, -0.15) is 20.4 Å². The van der Waals surface area contributed by atoms with E-state index < -0.39 is 0 Å². The van der Waals surface area contributed by atoms with Crippen molar-refractivity contribution in [3.05, 3.63) is 334 Å². The van der Waals surface area contributed by atoms with E-state index in [2.05, 4.69) is 149 Å². The molecule has 0 saturated heterocycles. The maximum atomic E-state index is 13.9. The number of pyridine rings is 8. The number of nitrogens with two attached hydrogens (primary N) is 1. The van der Waals surface area contributed by atoms with Crippen molar-refractivity contribution in [1.29, 1.82) is 0 Å². The van der Waals surface area contributed by atoms with E-state index in [1.165, 1.54) is 79.8 Å². The fourth-order valence-electron chi connectivity index (χ4n) is 17.3. The summed E-state index contributed by atoms with van der Waals surface area (Å²) in [6.07, 6.45) is 33.7. The number of nitrogen functional groups attached to an aromatic ring is 1. The third-order valence-electron chi connectivity index (χ3n) is 24.1. The topological polar surface area (TPSA) is 371 Å². The SMILES string of the molecule is C.C.C.C.Cc1ccncc1-c1ccc2[nH]nc(-c3nc4c(-c5ccc(F)cc5)cncc4[nH]3)c2c1.Fc1ccc(-c2cncc3[nH]c(-c4n[nH]c5ccc(-c6cccnc6)cc45)nc23)cc1.Fc1cccc(-c2cncc3[nH]c(-c4n[nH]c5ccc(-c6cncc(CNCC7CCCC7)c6)cc45)nc23)c1.Nc1cncc(-c2ccc3[nH]nc(-c4nc5c(-c6ccc(F)cc6)cncc5[nH]4)c3c2)c1. The Labute approximate surface area is 788 Å². The lowest BCUT2D eigenvalue weighted by Gasteiger charge is -2.11. The van der Waals surface area contributed by atoms with Gasteiger partial charge in [0.05, 0.1) is 96.7 Å². The van der Waals surface area contributed by atoms with Crippen molar-refractivity contribution in [1.82, 2.24) is 126 Å². The summed E-state index contributed by atoms with van der Waals surface area (Å²) in [5.74, 6) is 2.19. The molecule has 0 spiro atoms. The van der Waals surface area contributed by atoms with Gasteiger partial charge in [0.25, 0.3) is 0 Å². The van der Waals surface area contributed by atoms with Crippen LogP contribution in [0.5, 0.6) is 0 Å². The fourth-order valence-corrected chi connectivity index (χ4v) is 17.3. The number of nitrogens with one attached hydrogen (secondary N) is 9. The third kappa shape index (κ3) is 18.3. The van der Waals surface area contributed by atoms with E-state index in [9.17, 15) is 17.6 Å². The van der Waals surface area contributed by atoms with E-state index in [1.807, 2.05) is 97.6 Å². The molecule has 24 aromatic rings. The molecule has 0 radical (unpaired) electrons. The maximum absolute atomic E-state index is 13.9. The van der Waals surface area contributed by atoms with E-state index in [0.717, 1.165) is 218 Å². The standard InChI is InChI=1S/C31H28FN7.C25H17FN6.C24H16FN7.C24H15FN6.4CH4/c32-24-7-3-6-22(11-24)26-17-35-18-28-29(26)37-31(36-28)30-25-12-21(8-9-27(25)38-39-30)23-10-20(15-34-16-23)14-33-13-19-4-1-2-5-19;1-14-8-9-27-11-19(14)16-4-7-21-18(10-16)24(32-31-21)25-29-22-13-28-12-20(23(22)30-25)15-2-5-17(26)6-3-15;25-16-4-1-13(2-5-16)19-11-28-12-21-22(19)30-24(29-21)23-18-8-14(3-6-20(18)31-32-23)15-7-17(26)10-27-9-15;25-17-6-3-14(4-7-17)19-12-27-13-21-22(19)29-24(28-21)23-18-10-15(5-8-20(18)30-31-23)16-2-1-9-26-11-16;;;;/h3,6-12,15-19,33H,1-2,4-5,13-14H2,(H,36,37)(H,38,39);2-13H,1H3,(H,29,30)(H,31,32);1-12H,26H2,(H,29,30)(H,31,32);1-13H,(H,28,29)(H,30,31);4*1H4. The highest BCUT2D eigenvalue weighted by Crippen LogP contribution is 2.41. The number of anilines is 1. The highest BCUT2D eigenvalue weighted by molar-refractivity contribution is 6.03. The van der Waals surface area contributed by atoms with Crippen LogP contribution in [0.15, 0.2) is 299 Å². The second-order valence-corrected chi connectivity index (χ2v) is 32.8. The maximum Gasteiger partial charge on any atom is 0.159 e. The predicted octanol–water partition coefficient (Wildman–Crippen LogP) is 25.2. The van der Waals surface area contributed by atoms with Gasteiger partial charge in [-0.05, 0) is 209 Å². The van der Waals surface area contributed by atoms with Crippen LogP contribution < -0.4 is 11.1 Å². The molecule has 30 heteroatoms. The zero-order valence-electron chi connectivity index (χ0n) is 71.4. The first-order valence-corrected chi connectivity index (χ1v) is 43.3. The molecule has 16 heterocycles. The number of benzene rings is 8. The van der Waals surface area contributed by atoms with Crippen molar-refractivity contribution in [2.24, 2.45) is 5.92 Å². The molecule has 1 saturated carbocycles. The van der Waals surface area contributed by atoms with Crippen LogP contribution in [0.3, 0.4) is 0 Å². The van der Waals surface area contributed by atoms with Crippen molar-refractivity contribution in [3.8, 4) is 135 Å². The van der Waals surface area contributed by atoms with Gasteiger partial charge < -0.3 is 31.0 Å². The van der Waals surface area contributed by atoms with E-state index >= 15 is 0 Å². The number of hydrogen-bond donors (Lipinski definition) is 10. The van der Waals surface area contributed by atoms with Crippen molar-refractivity contribution in [3.63, 3.8) is 0 Å². The van der Waals surface area contributed by atoms with Gasteiger partial charge in [0.15, 0.2) is 23.3 Å². The lowest BCUT2D eigenvalue weighted by Crippen LogP contribution is -2.20. The van der Waals surface area contributed by atoms with Crippen LogP contribution in [0.25, 0.3) is 223 Å². The van der Waals surface area contributed by atoms with E-state index in [0.29, 0.717) is 34.7 Å². The quantitative estimate of drug-likeness (QED) is 0.0402. The largest absolute Gasteiger partial charge is 0.397 e. The summed E-state index contributed by atoms with van der Waals surface area (Å²) < 4.78 is 54.0. The Morgan fingerprint density at radius 3 is 1.07 bits per heavy atom. The van der Waals surface area contributed by atoms with E-state index in [4.69, 9.17) is 25.7 Å². The smallest absolute Gasteiger partial charge is 0.159 e. The molecule has 25 rings (SSSR count). The molecular formula is C108H92F4N26. The molecule has 16 aromatic heterocycles. The molecule has 11 N–H and O–H groups in total. The molecule has 1 aliphatic rings. The van der Waals surface area contributed by atoms with Gasteiger partial charge in [0.2, 0.25) is 0 Å². The Morgan fingerprint density at radius 1 is 0.304 bits per heavy atom. The van der Waals surface area contributed by atoms with Crippen LogP contribution in [0.2, 0.25) is 0 Å². The molecule has 138 heavy (non-hydrogen) atoms.